The van der Waals surface area contributed by atoms with Gasteiger partial charge in [-0.1, -0.05) is 0 Å². The van der Waals surface area contributed by atoms with Crippen LogP contribution in [-0.2, 0) is 13.0 Å². The van der Waals surface area contributed by atoms with E-state index in [-0.39, 0.29) is 23.0 Å². The quantitative estimate of drug-likeness (QED) is 0.645. The predicted octanol–water partition coefficient (Wildman–Crippen LogP) is 3.64. The van der Waals surface area contributed by atoms with Gasteiger partial charge in [-0.3, -0.25) is 4.68 Å². The minimum absolute atomic E-state index is 0.0706. The number of halogens is 4. The van der Waals surface area contributed by atoms with Gasteiger partial charge in [0.1, 0.15) is 23.8 Å². The predicted molar refractivity (Wildman–Crippen MR) is 93.3 cm³/mol. The van der Waals surface area contributed by atoms with E-state index in [0.717, 1.165) is 22.5 Å². The Kier molecular flexibility index (Phi) is 5.59. The Morgan fingerprint density at radius 3 is 2.50 bits per heavy atom. The summed E-state index contributed by atoms with van der Waals surface area (Å²) in [7, 11) is 0. The third-order valence-electron chi connectivity index (χ3n) is 3.79. The molecule has 3 rings (SSSR count). The summed E-state index contributed by atoms with van der Waals surface area (Å²) in [4.78, 5) is 8.47. The van der Waals surface area contributed by atoms with Crippen LogP contribution in [0.3, 0.4) is 0 Å². The number of alkyl halides is 3. The van der Waals surface area contributed by atoms with Crippen molar-refractivity contribution in [3.05, 3.63) is 53.9 Å². The van der Waals surface area contributed by atoms with Crippen molar-refractivity contribution in [1.29, 1.82) is 0 Å². The van der Waals surface area contributed by atoms with E-state index in [4.69, 9.17) is 10.5 Å². The summed E-state index contributed by atoms with van der Waals surface area (Å²) in [5.74, 6) is -0.132. The van der Waals surface area contributed by atoms with Crippen LogP contribution in [0.25, 0.3) is 11.4 Å². The van der Waals surface area contributed by atoms with Gasteiger partial charge in [0.2, 0.25) is 0 Å². The monoisotopic (exact) mass is 395 g/mol. The van der Waals surface area contributed by atoms with Crippen LogP contribution in [0.4, 0.5) is 17.6 Å². The van der Waals surface area contributed by atoms with Gasteiger partial charge >= 0.3 is 6.18 Å². The van der Waals surface area contributed by atoms with Crippen molar-refractivity contribution in [3.8, 4) is 22.9 Å². The summed E-state index contributed by atoms with van der Waals surface area (Å²) < 4.78 is 57.8. The molecule has 0 bridgehead atoms. The van der Waals surface area contributed by atoms with Crippen molar-refractivity contribution >= 4 is 0 Å². The molecule has 0 amide bonds. The molecule has 6 nitrogen and oxygen atoms in total. The second-order valence-corrected chi connectivity index (χ2v) is 6.09. The van der Waals surface area contributed by atoms with Gasteiger partial charge in [-0.25, -0.2) is 14.4 Å². The van der Waals surface area contributed by atoms with E-state index < -0.39 is 18.5 Å². The molecule has 0 spiro atoms. The molecule has 28 heavy (non-hydrogen) atoms. The maximum Gasteiger partial charge on any atom is 0.408 e. The van der Waals surface area contributed by atoms with Crippen molar-refractivity contribution in [2.45, 2.75) is 26.1 Å². The van der Waals surface area contributed by atoms with Crippen LogP contribution in [0.1, 0.15) is 11.3 Å². The van der Waals surface area contributed by atoms with Crippen molar-refractivity contribution in [3.63, 3.8) is 0 Å². The van der Waals surface area contributed by atoms with Crippen LogP contribution in [0.5, 0.6) is 11.5 Å². The average molecular weight is 395 g/mol. The molecule has 2 aromatic heterocycles. The molecule has 2 N–H and O–H groups in total. The van der Waals surface area contributed by atoms with Gasteiger partial charge in [0.05, 0.1) is 11.8 Å². The van der Waals surface area contributed by atoms with Crippen molar-refractivity contribution in [2.75, 3.05) is 6.54 Å². The Hall–Kier alpha value is -3.01. The molecule has 0 aliphatic heterocycles. The van der Waals surface area contributed by atoms with Crippen molar-refractivity contribution in [1.82, 2.24) is 19.7 Å². The third kappa shape index (κ3) is 4.83. The number of benzene rings is 1. The van der Waals surface area contributed by atoms with E-state index in [1.54, 1.807) is 12.4 Å². The zero-order chi connectivity index (χ0) is 20.3. The fraction of sp³-hybridized carbons (Fsp3) is 0.278. The summed E-state index contributed by atoms with van der Waals surface area (Å²) >= 11 is 0. The largest absolute Gasteiger partial charge is 0.453 e. The summed E-state index contributed by atoms with van der Waals surface area (Å²) in [6.45, 7) is 0.701. The average Bonchev–Trinajstić information content (AvgIpc) is 2.93. The van der Waals surface area contributed by atoms with Gasteiger partial charge in [0.25, 0.3) is 0 Å². The van der Waals surface area contributed by atoms with Crippen LogP contribution in [0, 0.1) is 12.7 Å². The van der Waals surface area contributed by atoms with Crippen LogP contribution in [0.15, 0.2) is 36.8 Å². The minimum Gasteiger partial charge on any atom is -0.453 e. The standard InChI is InChI=1S/C18H17F4N5O/c1-11-16(9-27(26-11)10-18(20,21)22)28-15-6-13(19)2-3-14(15)17-24-7-12(4-5-23)8-25-17/h2-3,6-9H,4-5,10,23H2,1H3. The van der Waals surface area contributed by atoms with Crippen LogP contribution in [-0.4, -0.2) is 32.5 Å². The maximum atomic E-state index is 13.8. The van der Waals surface area contributed by atoms with Gasteiger partial charge in [0, 0.05) is 18.5 Å². The SMILES string of the molecule is Cc1nn(CC(F)(F)F)cc1Oc1cc(F)ccc1-c1ncc(CCN)cn1. The molecule has 3 aromatic rings. The van der Waals surface area contributed by atoms with E-state index in [2.05, 4.69) is 15.1 Å². The molecule has 0 atom stereocenters. The Labute approximate surface area is 158 Å². The molecule has 0 saturated heterocycles. The summed E-state index contributed by atoms with van der Waals surface area (Å²) in [6.07, 6.45) is 0.524. The van der Waals surface area contributed by atoms with E-state index in [1.165, 1.54) is 19.1 Å². The van der Waals surface area contributed by atoms with E-state index in [9.17, 15) is 17.6 Å². The molecule has 0 unspecified atom stereocenters. The number of ether oxygens (including phenoxy) is 1. The number of hydrogen-bond donors (Lipinski definition) is 1. The highest BCUT2D eigenvalue weighted by Gasteiger charge is 2.29. The normalized spacial score (nSPS) is 11.6. The van der Waals surface area contributed by atoms with Gasteiger partial charge in [-0.05, 0) is 37.6 Å². The highest BCUT2D eigenvalue weighted by molar-refractivity contribution is 5.64. The minimum atomic E-state index is -4.42. The molecule has 10 heteroatoms. The van der Waals surface area contributed by atoms with Crippen molar-refractivity contribution in [2.24, 2.45) is 5.73 Å². The summed E-state index contributed by atoms with van der Waals surface area (Å²) in [5.41, 5.74) is 6.97. The zero-order valence-corrected chi connectivity index (χ0v) is 14.9. The Balaban J connectivity index is 1.91. The van der Waals surface area contributed by atoms with E-state index in [0.29, 0.717) is 18.5 Å². The molecule has 148 valence electrons. The van der Waals surface area contributed by atoms with Crippen LogP contribution in [0.2, 0.25) is 0 Å². The van der Waals surface area contributed by atoms with Gasteiger partial charge in [-0.15, -0.1) is 0 Å². The first-order valence-electron chi connectivity index (χ1n) is 8.35. The molecule has 1 aromatic carbocycles. The maximum absolute atomic E-state index is 13.8. The zero-order valence-electron chi connectivity index (χ0n) is 14.9. The lowest BCUT2D eigenvalue weighted by molar-refractivity contribution is -0.142. The fourth-order valence-electron chi connectivity index (χ4n) is 2.54. The Bertz CT molecular complexity index is 954. The first-order valence-corrected chi connectivity index (χ1v) is 8.35. The lowest BCUT2D eigenvalue weighted by Gasteiger charge is -2.10. The molecular formula is C18H17F4N5O. The highest BCUT2D eigenvalue weighted by atomic mass is 19.4. The number of nitrogens with two attached hydrogens (primary N) is 1. The third-order valence-corrected chi connectivity index (χ3v) is 3.79. The Morgan fingerprint density at radius 2 is 1.86 bits per heavy atom. The van der Waals surface area contributed by atoms with Crippen LogP contribution < -0.4 is 10.5 Å². The first-order chi connectivity index (χ1) is 13.2. The lowest BCUT2D eigenvalue weighted by Crippen LogP contribution is -2.17. The summed E-state index contributed by atoms with van der Waals surface area (Å²) in [5, 5.41) is 3.78. The Morgan fingerprint density at radius 1 is 1.14 bits per heavy atom. The number of aryl methyl sites for hydroxylation is 1. The van der Waals surface area contributed by atoms with Crippen molar-refractivity contribution < 1.29 is 22.3 Å². The molecule has 0 aliphatic rings. The second-order valence-electron chi connectivity index (χ2n) is 6.09. The first kappa shape index (κ1) is 19.7. The fourth-order valence-corrected chi connectivity index (χ4v) is 2.54. The lowest BCUT2D eigenvalue weighted by atomic mass is 10.1. The van der Waals surface area contributed by atoms with Crippen LogP contribution >= 0.6 is 0 Å². The van der Waals surface area contributed by atoms with Gasteiger partial charge in [-0.2, -0.15) is 18.3 Å². The molecule has 0 radical (unpaired) electrons. The molecule has 0 fully saturated rings. The van der Waals surface area contributed by atoms with E-state index >= 15 is 0 Å². The molecular weight excluding hydrogens is 378 g/mol. The number of aromatic nitrogens is 4. The van der Waals surface area contributed by atoms with Gasteiger partial charge in [0.15, 0.2) is 11.6 Å². The summed E-state index contributed by atoms with van der Waals surface area (Å²) in [6, 6.07) is 3.78. The second kappa shape index (κ2) is 7.93. The van der Waals surface area contributed by atoms with E-state index in [1.807, 2.05) is 0 Å². The smallest absolute Gasteiger partial charge is 0.408 e. The number of nitrogens with zero attached hydrogens (tertiary/aromatic N) is 4. The number of hydrogen-bond acceptors (Lipinski definition) is 5. The molecule has 0 aliphatic carbocycles. The highest BCUT2D eigenvalue weighted by Crippen LogP contribution is 2.33. The molecule has 2 heterocycles. The topological polar surface area (TPSA) is 78.8 Å². The van der Waals surface area contributed by atoms with Gasteiger partial charge < -0.3 is 10.5 Å². The number of rotatable bonds is 6. The molecule has 0 saturated carbocycles.